The molecule has 0 fully saturated rings. The van der Waals surface area contributed by atoms with Crippen LogP contribution in [0.4, 0.5) is 0 Å². The molecule has 4 aromatic carbocycles. The first kappa shape index (κ1) is 41.6. The van der Waals surface area contributed by atoms with E-state index in [0.29, 0.717) is 57.7 Å². The lowest BCUT2D eigenvalue weighted by molar-refractivity contribution is -0.167. The summed E-state index contributed by atoms with van der Waals surface area (Å²) in [5, 5.41) is 0. The molecule has 0 aromatic heterocycles. The molecule has 0 amide bonds. The van der Waals surface area contributed by atoms with Crippen molar-refractivity contribution in [2.24, 2.45) is 0 Å². The Hall–Kier alpha value is -4.59. The molecule has 7 heteroatoms. The maximum absolute atomic E-state index is 13.2. The molecule has 1 aliphatic rings. The quantitative estimate of drug-likeness (QED) is 0.0692. The van der Waals surface area contributed by atoms with Gasteiger partial charge in [0.05, 0.1) is 32.0 Å². The summed E-state index contributed by atoms with van der Waals surface area (Å²) in [4.78, 5) is 13.2. The molecule has 0 aliphatic heterocycles. The Kier molecular flexibility index (Phi) is 15.0. The maximum atomic E-state index is 13.2. The molecule has 0 saturated heterocycles. The van der Waals surface area contributed by atoms with Gasteiger partial charge in [0.2, 0.25) is 0 Å². The minimum absolute atomic E-state index is 0.133. The van der Waals surface area contributed by atoms with Crippen LogP contribution in [0.2, 0.25) is 0 Å². The number of ether oxygens (including phenoxy) is 6. The van der Waals surface area contributed by atoms with Crippen molar-refractivity contribution in [3.8, 4) is 23.0 Å². The van der Waals surface area contributed by atoms with Gasteiger partial charge in [-0.1, -0.05) is 82.3 Å². The molecular formula is C48H60O7. The zero-order valence-electron chi connectivity index (χ0n) is 34.3. The van der Waals surface area contributed by atoms with Gasteiger partial charge in [-0.05, 0) is 108 Å². The SMILES string of the molecule is CCCOc1c2cccc1Cc1cccc(c1OCCC)Cc1cc(/C=C(\C(C)=O)C(C)(OC)OC)cc(c1OCCC)Cc1cccc(c1OCCC)C2. The monoisotopic (exact) mass is 748 g/mol. The molecule has 0 spiro atoms. The lowest BCUT2D eigenvalue weighted by atomic mass is 9.89. The summed E-state index contributed by atoms with van der Waals surface area (Å²) in [7, 11) is 3.11. The van der Waals surface area contributed by atoms with Crippen LogP contribution in [-0.2, 0) is 40.0 Å². The van der Waals surface area contributed by atoms with Gasteiger partial charge in [-0.2, -0.15) is 0 Å². The summed E-state index contributed by atoms with van der Waals surface area (Å²) in [5.74, 6) is 2.21. The third-order valence-corrected chi connectivity index (χ3v) is 10.1. The fourth-order valence-corrected chi connectivity index (χ4v) is 7.28. The Morgan fingerprint density at radius 1 is 0.545 bits per heavy atom. The normalized spacial score (nSPS) is 13.0. The standard InChI is InChI=1S/C48H60O7/c1-9-22-52-44-35-16-13-17-36(44)30-38-19-15-21-40(46(38)54-24-11-3)32-42-27-34(28-43(33(5)49)48(6,50-7)51-8)26-41(47(42)55-25-12-4)31-39-20-14-18-37(29-35)45(39)53-23-10-2/h13-21,26-28H,9-12,22-25,29-32H2,1-8H3/b43-28+. The Morgan fingerprint density at radius 3 is 1.11 bits per heavy atom. The van der Waals surface area contributed by atoms with Crippen molar-refractivity contribution < 1.29 is 33.2 Å². The van der Waals surface area contributed by atoms with Gasteiger partial charge in [0.25, 0.3) is 0 Å². The second-order valence-corrected chi connectivity index (χ2v) is 14.5. The van der Waals surface area contributed by atoms with Crippen LogP contribution in [0, 0.1) is 0 Å². The predicted molar refractivity (Wildman–Crippen MR) is 221 cm³/mol. The lowest BCUT2D eigenvalue weighted by Crippen LogP contribution is -2.35. The molecule has 4 aromatic rings. The van der Waals surface area contributed by atoms with Gasteiger partial charge in [0, 0.05) is 39.9 Å². The third kappa shape index (κ3) is 10.00. The number of fused-ring (bicyclic) bond motifs is 8. The van der Waals surface area contributed by atoms with E-state index in [1.807, 2.05) is 6.08 Å². The highest BCUT2D eigenvalue weighted by atomic mass is 16.7. The second kappa shape index (κ2) is 19.8. The van der Waals surface area contributed by atoms with Crippen LogP contribution in [0.15, 0.2) is 72.3 Å². The molecule has 8 bridgehead atoms. The largest absolute Gasteiger partial charge is 0.493 e. The van der Waals surface area contributed by atoms with Crippen molar-refractivity contribution >= 4 is 11.9 Å². The van der Waals surface area contributed by atoms with Gasteiger partial charge in [-0.15, -0.1) is 0 Å². The highest BCUT2D eigenvalue weighted by Crippen LogP contribution is 2.40. The average molecular weight is 749 g/mol. The third-order valence-electron chi connectivity index (χ3n) is 10.1. The maximum Gasteiger partial charge on any atom is 0.194 e. The molecule has 0 atom stereocenters. The van der Waals surface area contributed by atoms with Gasteiger partial charge < -0.3 is 28.4 Å². The smallest absolute Gasteiger partial charge is 0.194 e. The van der Waals surface area contributed by atoms with E-state index in [4.69, 9.17) is 28.4 Å². The summed E-state index contributed by atoms with van der Waals surface area (Å²) < 4.78 is 38.1. The number of benzene rings is 4. The number of rotatable bonds is 17. The first-order valence-electron chi connectivity index (χ1n) is 20.0. The van der Waals surface area contributed by atoms with E-state index in [1.165, 1.54) is 0 Å². The molecule has 7 nitrogen and oxygen atoms in total. The van der Waals surface area contributed by atoms with Crippen LogP contribution in [0.5, 0.6) is 23.0 Å². The van der Waals surface area contributed by atoms with Gasteiger partial charge >= 0.3 is 0 Å². The van der Waals surface area contributed by atoms with E-state index >= 15 is 0 Å². The Labute approximate surface area is 329 Å². The summed E-state index contributed by atoms with van der Waals surface area (Å²) in [6, 6.07) is 23.7. The van der Waals surface area contributed by atoms with Crippen LogP contribution >= 0.6 is 0 Å². The van der Waals surface area contributed by atoms with Crippen molar-refractivity contribution in [3.63, 3.8) is 0 Å². The van der Waals surface area contributed by atoms with Crippen molar-refractivity contribution in [1.82, 2.24) is 0 Å². The number of carbonyl (C=O) groups excluding carboxylic acids is 1. The van der Waals surface area contributed by atoms with Crippen LogP contribution in [0.3, 0.4) is 0 Å². The minimum atomic E-state index is -1.22. The summed E-state index contributed by atoms with van der Waals surface area (Å²) >= 11 is 0. The van der Waals surface area contributed by atoms with Crippen molar-refractivity contribution in [3.05, 3.63) is 122 Å². The van der Waals surface area contributed by atoms with Crippen LogP contribution < -0.4 is 18.9 Å². The summed E-state index contributed by atoms with van der Waals surface area (Å²) in [6.07, 6.45) is 7.85. The van der Waals surface area contributed by atoms with Crippen molar-refractivity contribution in [2.45, 2.75) is 98.7 Å². The van der Waals surface area contributed by atoms with E-state index in [1.54, 1.807) is 28.1 Å². The van der Waals surface area contributed by atoms with Gasteiger partial charge in [-0.25, -0.2) is 0 Å². The molecule has 0 heterocycles. The van der Waals surface area contributed by atoms with Gasteiger partial charge in [-0.3, -0.25) is 4.79 Å². The summed E-state index contributed by atoms with van der Waals surface area (Å²) in [6.45, 7) is 14.2. The van der Waals surface area contributed by atoms with Gasteiger partial charge in [0.1, 0.15) is 23.0 Å². The number of para-hydroxylation sites is 3. The van der Waals surface area contributed by atoms with Crippen LogP contribution in [0.1, 0.15) is 117 Å². The van der Waals surface area contributed by atoms with Crippen molar-refractivity contribution in [2.75, 3.05) is 40.6 Å². The Morgan fingerprint density at radius 2 is 0.836 bits per heavy atom. The molecule has 0 saturated carbocycles. The molecule has 55 heavy (non-hydrogen) atoms. The van der Waals surface area contributed by atoms with E-state index < -0.39 is 5.79 Å². The Balaban J connectivity index is 1.85. The second-order valence-electron chi connectivity index (χ2n) is 14.5. The summed E-state index contributed by atoms with van der Waals surface area (Å²) in [5.41, 5.74) is 9.88. The molecule has 294 valence electrons. The van der Waals surface area contributed by atoms with E-state index in [2.05, 4.69) is 94.4 Å². The van der Waals surface area contributed by atoms with Crippen LogP contribution in [0.25, 0.3) is 6.08 Å². The predicted octanol–water partition coefficient (Wildman–Crippen LogP) is 10.5. The highest BCUT2D eigenvalue weighted by molar-refractivity contribution is 5.99. The molecule has 5 rings (SSSR count). The zero-order valence-corrected chi connectivity index (χ0v) is 34.3. The van der Waals surface area contributed by atoms with Crippen LogP contribution in [-0.4, -0.2) is 52.2 Å². The fourth-order valence-electron chi connectivity index (χ4n) is 7.28. The lowest BCUT2D eigenvalue weighted by Gasteiger charge is -2.28. The highest BCUT2D eigenvalue weighted by Gasteiger charge is 2.32. The number of ketones is 1. The molecule has 0 unspecified atom stereocenters. The first-order valence-corrected chi connectivity index (χ1v) is 20.0. The molecular weight excluding hydrogens is 689 g/mol. The van der Waals surface area contributed by atoms with E-state index in [9.17, 15) is 4.79 Å². The Bertz CT molecular complexity index is 1830. The number of Topliss-reactive ketones (excluding diaryl/α,β-unsaturated/α-hetero) is 1. The van der Waals surface area contributed by atoms with Gasteiger partial charge in [0.15, 0.2) is 11.6 Å². The molecule has 1 aliphatic carbocycles. The number of methoxy groups -OCH3 is 2. The molecule has 0 N–H and O–H groups in total. The average Bonchev–Trinajstić information content (AvgIpc) is 3.18. The first-order chi connectivity index (χ1) is 26.7. The van der Waals surface area contributed by atoms with Crippen molar-refractivity contribution in [1.29, 1.82) is 0 Å². The minimum Gasteiger partial charge on any atom is -0.493 e. The molecule has 0 radical (unpaired) electrons. The fraction of sp³-hybridized carbons (Fsp3) is 0.438. The van der Waals surface area contributed by atoms with E-state index in [0.717, 1.165) is 98.8 Å². The topological polar surface area (TPSA) is 72.5 Å². The number of hydrogen-bond acceptors (Lipinski definition) is 7. The van der Waals surface area contributed by atoms with E-state index in [-0.39, 0.29) is 5.78 Å². The zero-order chi connectivity index (χ0) is 39.4. The number of hydrogen-bond donors (Lipinski definition) is 0. The number of carbonyl (C=O) groups is 1.